The number of fused-ring (bicyclic) bond motifs is 12. The van der Waals surface area contributed by atoms with Crippen molar-refractivity contribution in [1.82, 2.24) is 9.97 Å². The van der Waals surface area contributed by atoms with Gasteiger partial charge < -0.3 is 0 Å². The second kappa shape index (κ2) is 11.8. The van der Waals surface area contributed by atoms with E-state index in [1.807, 2.05) is 12.4 Å². The molecule has 2 aliphatic rings. The maximum atomic E-state index is 4.70. The molecular formula is C56H40N2. The Bertz CT molecular complexity index is 3170. The summed E-state index contributed by atoms with van der Waals surface area (Å²) in [5.41, 5.74) is 20.2. The van der Waals surface area contributed by atoms with Gasteiger partial charge in [0.2, 0.25) is 0 Å². The van der Waals surface area contributed by atoms with Crippen molar-refractivity contribution in [2.45, 2.75) is 38.5 Å². The van der Waals surface area contributed by atoms with Crippen molar-refractivity contribution in [2.75, 3.05) is 0 Å². The van der Waals surface area contributed by atoms with E-state index in [1.54, 1.807) is 0 Å². The molecule has 58 heavy (non-hydrogen) atoms. The molecule has 0 N–H and O–H groups in total. The number of para-hydroxylation sites is 2. The Balaban J connectivity index is 0.953. The molecular weight excluding hydrogens is 701 g/mol. The number of pyridine rings is 2. The highest BCUT2D eigenvalue weighted by Gasteiger charge is 2.37. The summed E-state index contributed by atoms with van der Waals surface area (Å²) >= 11 is 0. The quantitative estimate of drug-likeness (QED) is 0.169. The van der Waals surface area contributed by atoms with Crippen LogP contribution in [0.15, 0.2) is 170 Å². The average molecular weight is 741 g/mol. The van der Waals surface area contributed by atoms with Gasteiger partial charge in [0.05, 0.1) is 11.0 Å². The molecule has 0 fully saturated rings. The van der Waals surface area contributed by atoms with E-state index in [9.17, 15) is 0 Å². The number of rotatable bonds is 3. The number of hydrogen-bond acceptors (Lipinski definition) is 2. The Kier molecular flexibility index (Phi) is 6.78. The van der Waals surface area contributed by atoms with Crippen LogP contribution in [0.4, 0.5) is 0 Å². The lowest BCUT2D eigenvalue weighted by molar-refractivity contribution is 0.660. The zero-order chi connectivity index (χ0) is 38.9. The largest absolute Gasteiger partial charge is 0.256 e. The summed E-state index contributed by atoms with van der Waals surface area (Å²) in [6.07, 6.45) is 3.98. The van der Waals surface area contributed by atoms with Crippen molar-refractivity contribution in [1.29, 1.82) is 0 Å². The van der Waals surface area contributed by atoms with Gasteiger partial charge in [-0.15, -0.1) is 0 Å². The Morgan fingerprint density at radius 2 is 0.621 bits per heavy atom. The average Bonchev–Trinajstić information content (AvgIpc) is 3.63. The molecule has 2 heteroatoms. The summed E-state index contributed by atoms with van der Waals surface area (Å²) in [7, 11) is 0. The van der Waals surface area contributed by atoms with Gasteiger partial charge in [-0.25, -0.2) is 0 Å². The molecule has 10 aromatic rings. The van der Waals surface area contributed by atoms with E-state index in [1.165, 1.54) is 99.4 Å². The van der Waals surface area contributed by atoms with Crippen LogP contribution in [0.3, 0.4) is 0 Å². The molecule has 0 saturated carbocycles. The van der Waals surface area contributed by atoms with Gasteiger partial charge in [0, 0.05) is 44.8 Å². The number of benzene rings is 8. The van der Waals surface area contributed by atoms with Gasteiger partial charge in [0.1, 0.15) is 0 Å². The second-order valence-corrected chi connectivity index (χ2v) is 17.4. The molecule has 2 aromatic heterocycles. The first-order chi connectivity index (χ1) is 28.2. The van der Waals surface area contributed by atoms with Gasteiger partial charge in [0.15, 0.2) is 0 Å². The molecule has 12 rings (SSSR count). The molecule has 0 atom stereocenters. The molecule has 0 saturated heterocycles. The SMILES string of the molecule is CC1(C)c2ccc(-c3ccc4c(c3)-c3cc(-c5ccc6cnc7ccccc7c6c5)ccc3C4(C)C)cc2-c2cc(-c3ccc4cnc5ccccc5c4c3)ccc21. The van der Waals surface area contributed by atoms with Crippen LogP contribution in [0.5, 0.6) is 0 Å². The fraction of sp³-hybridized carbons (Fsp3) is 0.107. The van der Waals surface area contributed by atoms with Crippen LogP contribution in [-0.2, 0) is 10.8 Å². The first-order valence-electron chi connectivity index (χ1n) is 20.4. The van der Waals surface area contributed by atoms with Crippen molar-refractivity contribution in [3.63, 3.8) is 0 Å². The predicted molar refractivity (Wildman–Crippen MR) is 243 cm³/mol. The third-order valence-corrected chi connectivity index (χ3v) is 13.5. The Hall–Kier alpha value is -6.90. The molecule has 0 spiro atoms. The van der Waals surface area contributed by atoms with Gasteiger partial charge in [-0.2, -0.15) is 0 Å². The van der Waals surface area contributed by atoms with Crippen LogP contribution < -0.4 is 0 Å². The maximum absolute atomic E-state index is 4.70. The summed E-state index contributed by atoms with van der Waals surface area (Å²) in [5.74, 6) is 0. The molecule has 2 aliphatic carbocycles. The minimum atomic E-state index is -0.0875. The standard InChI is InChI=1S/C56H40N2/c1-55(2)49-21-17-35(33-13-15-39-31-57-53-11-7-5-9-41(53)43(39)25-33)27-45(49)47-29-37(19-23-51(47)55)38-20-24-52-48(30-38)46-28-36(18-22-50(46)56(52,3)4)34-14-16-40-32-58-54-12-8-6-10-42(54)44(40)26-34/h5-32H,1-4H3. The maximum Gasteiger partial charge on any atom is 0.0708 e. The molecule has 2 nitrogen and oxygen atoms in total. The highest BCUT2D eigenvalue weighted by Crippen LogP contribution is 2.53. The topological polar surface area (TPSA) is 25.8 Å². The monoisotopic (exact) mass is 740 g/mol. The number of hydrogen-bond donors (Lipinski definition) is 0. The zero-order valence-corrected chi connectivity index (χ0v) is 33.1. The summed E-state index contributed by atoms with van der Waals surface area (Å²) in [6.45, 7) is 9.47. The fourth-order valence-corrected chi connectivity index (χ4v) is 10.3. The third kappa shape index (κ3) is 4.72. The van der Waals surface area contributed by atoms with Crippen LogP contribution in [-0.4, -0.2) is 9.97 Å². The van der Waals surface area contributed by atoms with E-state index in [0.717, 1.165) is 21.8 Å². The zero-order valence-electron chi connectivity index (χ0n) is 33.1. The van der Waals surface area contributed by atoms with Crippen molar-refractivity contribution >= 4 is 43.4 Å². The van der Waals surface area contributed by atoms with Crippen LogP contribution in [0.1, 0.15) is 49.9 Å². The molecule has 8 aromatic carbocycles. The molecule has 0 bridgehead atoms. The first-order valence-corrected chi connectivity index (χ1v) is 20.4. The minimum Gasteiger partial charge on any atom is -0.256 e. The highest BCUT2D eigenvalue weighted by molar-refractivity contribution is 6.08. The van der Waals surface area contributed by atoms with Crippen molar-refractivity contribution in [3.05, 3.63) is 192 Å². The van der Waals surface area contributed by atoms with Gasteiger partial charge in [-0.1, -0.05) is 137 Å². The van der Waals surface area contributed by atoms with Gasteiger partial charge >= 0.3 is 0 Å². The normalized spacial score (nSPS) is 14.5. The summed E-state index contributed by atoms with van der Waals surface area (Å²) in [6, 6.07) is 59.0. The van der Waals surface area contributed by atoms with Crippen LogP contribution >= 0.6 is 0 Å². The van der Waals surface area contributed by atoms with Crippen LogP contribution in [0, 0.1) is 0 Å². The second-order valence-electron chi connectivity index (χ2n) is 17.4. The van der Waals surface area contributed by atoms with E-state index < -0.39 is 0 Å². The number of nitrogens with zero attached hydrogens (tertiary/aromatic N) is 2. The highest BCUT2D eigenvalue weighted by atomic mass is 14.7. The molecule has 0 unspecified atom stereocenters. The predicted octanol–water partition coefficient (Wildman–Crippen LogP) is 14.7. The van der Waals surface area contributed by atoms with Crippen molar-refractivity contribution in [3.8, 4) is 55.6 Å². The summed E-state index contributed by atoms with van der Waals surface area (Å²) in [4.78, 5) is 9.40. The van der Waals surface area contributed by atoms with E-state index in [2.05, 4.69) is 185 Å². The molecule has 0 amide bonds. The van der Waals surface area contributed by atoms with Crippen molar-refractivity contribution < 1.29 is 0 Å². The number of aromatic nitrogens is 2. The summed E-state index contributed by atoms with van der Waals surface area (Å²) in [5, 5.41) is 7.19. The van der Waals surface area contributed by atoms with E-state index in [4.69, 9.17) is 9.97 Å². The van der Waals surface area contributed by atoms with Gasteiger partial charge in [0.25, 0.3) is 0 Å². The van der Waals surface area contributed by atoms with Crippen molar-refractivity contribution in [2.24, 2.45) is 0 Å². The first kappa shape index (κ1) is 33.3. The van der Waals surface area contributed by atoms with E-state index in [0.29, 0.717) is 0 Å². The van der Waals surface area contributed by atoms with E-state index >= 15 is 0 Å². The fourth-order valence-electron chi connectivity index (χ4n) is 10.3. The Morgan fingerprint density at radius 3 is 0.983 bits per heavy atom. The molecule has 274 valence electrons. The summed E-state index contributed by atoms with van der Waals surface area (Å²) < 4.78 is 0. The lowest BCUT2D eigenvalue weighted by Gasteiger charge is -2.22. The lowest BCUT2D eigenvalue weighted by Crippen LogP contribution is -2.15. The smallest absolute Gasteiger partial charge is 0.0708 e. The third-order valence-electron chi connectivity index (χ3n) is 13.5. The van der Waals surface area contributed by atoms with Gasteiger partial charge in [-0.3, -0.25) is 9.97 Å². The minimum absolute atomic E-state index is 0.0875. The van der Waals surface area contributed by atoms with E-state index in [-0.39, 0.29) is 10.8 Å². The van der Waals surface area contributed by atoms with Gasteiger partial charge in [-0.05, 0) is 137 Å². The molecule has 0 aliphatic heterocycles. The Morgan fingerprint density at radius 1 is 0.310 bits per heavy atom. The lowest BCUT2D eigenvalue weighted by atomic mass is 9.81. The van der Waals surface area contributed by atoms with Crippen LogP contribution in [0.25, 0.3) is 99.0 Å². The Labute approximate surface area is 338 Å². The molecule has 0 radical (unpaired) electrons. The molecule has 2 heterocycles. The van der Waals surface area contributed by atoms with Crippen LogP contribution in [0.2, 0.25) is 0 Å².